The first kappa shape index (κ1) is 11.4. The Morgan fingerprint density at radius 1 is 1.53 bits per heavy atom. The number of terminal acetylenes is 1. The van der Waals surface area contributed by atoms with Gasteiger partial charge in [0, 0.05) is 0 Å². The molecule has 1 heterocycles. The van der Waals surface area contributed by atoms with Gasteiger partial charge in [-0.15, -0.1) is 6.42 Å². The van der Waals surface area contributed by atoms with Crippen molar-refractivity contribution in [2.45, 2.75) is 19.5 Å². The van der Waals surface area contributed by atoms with Crippen LogP contribution in [-0.2, 0) is 6.54 Å². The molecule has 0 aliphatic rings. The van der Waals surface area contributed by atoms with E-state index in [9.17, 15) is 4.79 Å². The second-order valence-corrected chi connectivity index (χ2v) is 3.80. The number of benzene rings is 1. The first-order chi connectivity index (χ1) is 8.20. The molecule has 0 aliphatic heterocycles. The monoisotopic (exact) mass is 227 g/mol. The number of nitrogens with one attached hydrogen (secondary N) is 2. The zero-order valence-corrected chi connectivity index (χ0v) is 9.53. The minimum Gasteiger partial charge on any atom is -0.309 e. The third kappa shape index (κ3) is 2.52. The van der Waals surface area contributed by atoms with Crippen molar-refractivity contribution < 1.29 is 0 Å². The molecule has 0 saturated heterocycles. The molecule has 0 bridgehead atoms. The lowest BCUT2D eigenvalue weighted by Gasteiger charge is -2.07. The molecule has 2 N–H and O–H groups in total. The summed E-state index contributed by atoms with van der Waals surface area (Å²) in [7, 11) is 0. The molecule has 4 nitrogen and oxygen atoms in total. The summed E-state index contributed by atoms with van der Waals surface area (Å²) in [6.45, 7) is 2.32. The minimum absolute atomic E-state index is 0.0493. The summed E-state index contributed by atoms with van der Waals surface area (Å²) in [6.07, 6.45) is 5.25. The van der Waals surface area contributed by atoms with E-state index < -0.39 is 0 Å². The van der Waals surface area contributed by atoms with Crippen molar-refractivity contribution in [2.24, 2.45) is 0 Å². The predicted octanol–water partition coefficient (Wildman–Crippen LogP) is 1.03. The number of hydrogen-bond acceptors (Lipinski definition) is 3. The van der Waals surface area contributed by atoms with Crippen molar-refractivity contribution in [3.63, 3.8) is 0 Å². The van der Waals surface area contributed by atoms with Crippen LogP contribution in [0.15, 0.2) is 29.1 Å². The van der Waals surface area contributed by atoms with E-state index in [1.54, 1.807) is 6.07 Å². The standard InChI is InChI=1S/C13H13N3O/c1-3-9(2)14-8-12-15-11-7-5-4-6-10(11)13(17)16-12/h1,4-7,9,14H,8H2,2H3,(H,15,16,17). The first-order valence-corrected chi connectivity index (χ1v) is 5.38. The second kappa shape index (κ2) is 4.81. The Labute approximate surface area is 99.1 Å². The van der Waals surface area contributed by atoms with E-state index in [1.165, 1.54) is 0 Å². The van der Waals surface area contributed by atoms with Gasteiger partial charge in [-0.25, -0.2) is 4.98 Å². The number of aromatic amines is 1. The normalized spacial score (nSPS) is 12.2. The molecule has 4 heteroatoms. The highest BCUT2D eigenvalue weighted by Crippen LogP contribution is 2.05. The molecule has 1 aromatic heterocycles. The van der Waals surface area contributed by atoms with Crippen LogP contribution in [0.4, 0.5) is 0 Å². The number of H-pyrrole nitrogens is 1. The molecule has 0 amide bonds. The Morgan fingerprint density at radius 3 is 3.06 bits per heavy atom. The van der Waals surface area contributed by atoms with Gasteiger partial charge in [-0.2, -0.15) is 0 Å². The number of fused-ring (bicyclic) bond motifs is 1. The fraction of sp³-hybridized carbons (Fsp3) is 0.231. The predicted molar refractivity (Wildman–Crippen MR) is 67.5 cm³/mol. The molecule has 2 aromatic rings. The van der Waals surface area contributed by atoms with Gasteiger partial charge in [-0.3, -0.25) is 10.1 Å². The van der Waals surface area contributed by atoms with Gasteiger partial charge in [0.1, 0.15) is 5.82 Å². The van der Waals surface area contributed by atoms with Crippen molar-refractivity contribution in [3.05, 3.63) is 40.4 Å². The topological polar surface area (TPSA) is 57.8 Å². The van der Waals surface area contributed by atoms with Crippen LogP contribution >= 0.6 is 0 Å². The fourth-order valence-corrected chi connectivity index (χ4v) is 1.53. The van der Waals surface area contributed by atoms with Crippen molar-refractivity contribution in [3.8, 4) is 12.3 Å². The molecular formula is C13H13N3O. The van der Waals surface area contributed by atoms with E-state index in [2.05, 4.69) is 21.2 Å². The molecule has 86 valence electrons. The Kier molecular flexibility index (Phi) is 3.22. The van der Waals surface area contributed by atoms with Gasteiger partial charge >= 0.3 is 0 Å². The van der Waals surface area contributed by atoms with Crippen molar-refractivity contribution in [2.75, 3.05) is 0 Å². The third-order valence-electron chi connectivity index (χ3n) is 2.49. The molecule has 1 atom stereocenters. The van der Waals surface area contributed by atoms with Crippen LogP contribution in [0.1, 0.15) is 12.7 Å². The van der Waals surface area contributed by atoms with Crippen LogP contribution in [0.2, 0.25) is 0 Å². The first-order valence-electron chi connectivity index (χ1n) is 5.38. The van der Waals surface area contributed by atoms with Crippen LogP contribution in [0, 0.1) is 12.3 Å². The summed E-state index contributed by atoms with van der Waals surface area (Å²) < 4.78 is 0. The summed E-state index contributed by atoms with van der Waals surface area (Å²) in [5.41, 5.74) is 0.571. The van der Waals surface area contributed by atoms with Crippen LogP contribution in [0.5, 0.6) is 0 Å². The van der Waals surface area contributed by atoms with Gasteiger partial charge in [0.15, 0.2) is 0 Å². The molecular weight excluding hydrogens is 214 g/mol. The Morgan fingerprint density at radius 2 is 2.29 bits per heavy atom. The maximum absolute atomic E-state index is 11.8. The highest BCUT2D eigenvalue weighted by molar-refractivity contribution is 5.77. The van der Waals surface area contributed by atoms with Gasteiger partial charge in [0.2, 0.25) is 0 Å². The molecule has 2 rings (SSSR count). The quantitative estimate of drug-likeness (QED) is 0.770. The summed E-state index contributed by atoms with van der Waals surface area (Å²) in [5.74, 6) is 3.15. The SMILES string of the molecule is C#CC(C)NCc1nc2ccccc2c(=O)[nH]1. The number of rotatable bonds is 3. The molecule has 1 aromatic carbocycles. The maximum Gasteiger partial charge on any atom is 0.258 e. The summed E-state index contributed by atoms with van der Waals surface area (Å²) in [5, 5.41) is 3.67. The second-order valence-electron chi connectivity index (χ2n) is 3.80. The number of aromatic nitrogens is 2. The highest BCUT2D eigenvalue weighted by atomic mass is 16.1. The lowest BCUT2D eigenvalue weighted by molar-refractivity contribution is 0.625. The molecule has 0 fully saturated rings. The Hall–Kier alpha value is -2.12. The number of para-hydroxylation sites is 1. The summed E-state index contributed by atoms with van der Waals surface area (Å²) >= 11 is 0. The molecule has 1 unspecified atom stereocenters. The van der Waals surface area contributed by atoms with Crippen molar-refractivity contribution >= 4 is 10.9 Å². The molecule has 0 aliphatic carbocycles. The molecule has 0 radical (unpaired) electrons. The summed E-state index contributed by atoms with van der Waals surface area (Å²) in [4.78, 5) is 18.8. The number of nitrogens with zero attached hydrogens (tertiary/aromatic N) is 1. The van der Waals surface area contributed by atoms with Crippen LogP contribution < -0.4 is 10.9 Å². The fourth-order valence-electron chi connectivity index (χ4n) is 1.53. The van der Waals surface area contributed by atoms with Gasteiger partial charge in [0.25, 0.3) is 5.56 Å². The average molecular weight is 227 g/mol. The zero-order chi connectivity index (χ0) is 12.3. The van der Waals surface area contributed by atoms with Gasteiger partial charge in [-0.1, -0.05) is 18.1 Å². The van der Waals surface area contributed by atoms with Gasteiger partial charge < -0.3 is 4.98 Å². The van der Waals surface area contributed by atoms with E-state index in [0.29, 0.717) is 23.3 Å². The Balaban J connectivity index is 2.31. The number of hydrogen-bond donors (Lipinski definition) is 2. The average Bonchev–Trinajstić information content (AvgIpc) is 2.36. The van der Waals surface area contributed by atoms with Gasteiger partial charge in [-0.05, 0) is 19.1 Å². The molecule has 17 heavy (non-hydrogen) atoms. The lowest BCUT2D eigenvalue weighted by Crippen LogP contribution is -2.26. The van der Waals surface area contributed by atoms with E-state index >= 15 is 0 Å². The maximum atomic E-state index is 11.8. The van der Waals surface area contributed by atoms with E-state index in [0.717, 1.165) is 0 Å². The largest absolute Gasteiger partial charge is 0.309 e. The van der Waals surface area contributed by atoms with E-state index in [1.807, 2.05) is 25.1 Å². The highest BCUT2D eigenvalue weighted by Gasteiger charge is 2.03. The van der Waals surface area contributed by atoms with E-state index in [-0.39, 0.29) is 11.6 Å². The Bertz CT molecular complexity index is 624. The van der Waals surface area contributed by atoms with Gasteiger partial charge in [0.05, 0.1) is 23.5 Å². The zero-order valence-electron chi connectivity index (χ0n) is 9.53. The van der Waals surface area contributed by atoms with Crippen molar-refractivity contribution in [1.29, 1.82) is 0 Å². The lowest BCUT2D eigenvalue weighted by atomic mass is 10.2. The van der Waals surface area contributed by atoms with Crippen LogP contribution in [-0.4, -0.2) is 16.0 Å². The molecule has 0 saturated carbocycles. The van der Waals surface area contributed by atoms with Crippen molar-refractivity contribution in [1.82, 2.24) is 15.3 Å². The minimum atomic E-state index is -0.124. The van der Waals surface area contributed by atoms with Crippen LogP contribution in [0.25, 0.3) is 10.9 Å². The summed E-state index contributed by atoms with van der Waals surface area (Å²) in [6, 6.07) is 7.20. The third-order valence-corrected chi connectivity index (χ3v) is 2.49. The molecule has 0 spiro atoms. The van der Waals surface area contributed by atoms with E-state index in [4.69, 9.17) is 6.42 Å². The smallest absolute Gasteiger partial charge is 0.258 e. The van der Waals surface area contributed by atoms with Crippen LogP contribution in [0.3, 0.4) is 0 Å².